The number of halogens is 1. The van der Waals surface area contributed by atoms with Gasteiger partial charge in [0, 0.05) is 10.2 Å². The average molecular weight is 349 g/mol. The number of benzene rings is 2. The molecule has 0 saturated heterocycles. The lowest BCUT2D eigenvalue weighted by molar-refractivity contribution is 0.0938. The summed E-state index contributed by atoms with van der Waals surface area (Å²) in [7, 11) is 1.52. The number of hydrogen-bond acceptors (Lipinski definition) is 3. The number of rotatable bonds is 4. The van der Waals surface area contributed by atoms with Crippen LogP contribution in [0, 0.1) is 0 Å². The lowest BCUT2D eigenvalue weighted by Gasteiger charge is -2.17. The normalized spacial score (nSPS) is 11.8. The van der Waals surface area contributed by atoms with Crippen LogP contribution in [0.2, 0.25) is 0 Å². The lowest BCUT2D eigenvalue weighted by atomic mass is 10.1. The van der Waals surface area contributed by atoms with E-state index in [2.05, 4.69) is 21.2 Å². The van der Waals surface area contributed by atoms with E-state index < -0.39 is 0 Å². The SMILES string of the molecule is COc1cccc(N)c1C(=O)N[C@H](C)c1ccc(Br)cc1. The van der Waals surface area contributed by atoms with Gasteiger partial charge in [-0.25, -0.2) is 0 Å². The van der Waals surface area contributed by atoms with Gasteiger partial charge in [0.05, 0.1) is 13.2 Å². The Morgan fingerprint density at radius 1 is 1.24 bits per heavy atom. The fourth-order valence-electron chi connectivity index (χ4n) is 2.06. The Hall–Kier alpha value is -2.01. The molecule has 2 rings (SSSR count). The van der Waals surface area contributed by atoms with Gasteiger partial charge in [-0.15, -0.1) is 0 Å². The third-order valence-electron chi connectivity index (χ3n) is 3.22. The van der Waals surface area contributed by atoms with Crippen LogP contribution in [0.4, 0.5) is 5.69 Å². The van der Waals surface area contributed by atoms with Gasteiger partial charge in [-0.3, -0.25) is 4.79 Å². The van der Waals surface area contributed by atoms with Gasteiger partial charge in [0.15, 0.2) is 0 Å². The topological polar surface area (TPSA) is 64.3 Å². The summed E-state index contributed by atoms with van der Waals surface area (Å²) < 4.78 is 6.20. The Labute approximate surface area is 132 Å². The fourth-order valence-corrected chi connectivity index (χ4v) is 2.33. The third-order valence-corrected chi connectivity index (χ3v) is 3.75. The van der Waals surface area contributed by atoms with Crippen molar-refractivity contribution in [1.82, 2.24) is 5.32 Å². The van der Waals surface area contributed by atoms with Crippen molar-refractivity contribution in [3.63, 3.8) is 0 Å². The van der Waals surface area contributed by atoms with Crippen LogP contribution in [0.5, 0.6) is 5.75 Å². The molecule has 0 saturated carbocycles. The minimum Gasteiger partial charge on any atom is -0.496 e. The van der Waals surface area contributed by atoms with E-state index in [9.17, 15) is 4.79 Å². The first-order valence-electron chi connectivity index (χ1n) is 6.51. The quantitative estimate of drug-likeness (QED) is 0.830. The monoisotopic (exact) mass is 348 g/mol. The molecule has 0 aliphatic rings. The molecule has 0 spiro atoms. The highest BCUT2D eigenvalue weighted by Gasteiger charge is 2.18. The van der Waals surface area contributed by atoms with Gasteiger partial charge in [0.25, 0.3) is 5.91 Å². The van der Waals surface area contributed by atoms with Crippen molar-refractivity contribution in [2.45, 2.75) is 13.0 Å². The molecule has 2 aromatic rings. The summed E-state index contributed by atoms with van der Waals surface area (Å²) in [5.41, 5.74) is 7.66. The van der Waals surface area contributed by atoms with E-state index in [-0.39, 0.29) is 11.9 Å². The first-order valence-corrected chi connectivity index (χ1v) is 7.31. The van der Waals surface area contributed by atoms with Crippen LogP contribution in [0.1, 0.15) is 28.9 Å². The second-order valence-electron chi connectivity index (χ2n) is 4.67. The van der Waals surface area contributed by atoms with Crippen molar-refractivity contribution in [2.24, 2.45) is 0 Å². The van der Waals surface area contributed by atoms with Crippen molar-refractivity contribution in [1.29, 1.82) is 0 Å². The number of hydrogen-bond donors (Lipinski definition) is 2. The second kappa shape index (κ2) is 6.63. The van der Waals surface area contributed by atoms with Gasteiger partial charge in [0.2, 0.25) is 0 Å². The molecular weight excluding hydrogens is 332 g/mol. The van der Waals surface area contributed by atoms with Crippen molar-refractivity contribution in [3.8, 4) is 5.75 Å². The molecule has 0 aliphatic carbocycles. The van der Waals surface area contributed by atoms with Crippen LogP contribution >= 0.6 is 15.9 Å². The minimum absolute atomic E-state index is 0.130. The van der Waals surface area contributed by atoms with Gasteiger partial charge in [-0.2, -0.15) is 0 Å². The molecule has 0 fully saturated rings. The number of nitrogen functional groups attached to an aromatic ring is 1. The number of anilines is 1. The van der Waals surface area contributed by atoms with Crippen LogP contribution in [-0.2, 0) is 0 Å². The predicted molar refractivity (Wildman–Crippen MR) is 87.4 cm³/mol. The molecule has 2 aromatic carbocycles. The van der Waals surface area contributed by atoms with Crippen molar-refractivity contribution in [2.75, 3.05) is 12.8 Å². The standard InChI is InChI=1S/C16H17BrN2O2/c1-10(11-6-8-12(17)9-7-11)19-16(20)15-13(18)4-3-5-14(15)21-2/h3-10H,18H2,1-2H3,(H,19,20)/t10-/m1/s1. The summed E-state index contributed by atoms with van der Waals surface area (Å²) in [5, 5.41) is 2.93. The Bertz CT molecular complexity index is 641. The molecule has 0 aromatic heterocycles. The van der Waals surface area contributed by atoms with Crippen molar-refractivity contribution >= 4 is 27.5 Å². The maximum absolute atomic E-state index is 12.4. The van der Waals surface area contributed by atoms with E-state index in [4.69, 9.17) is 10.5 Å². The van der Waals surface area contributed by atoms with Crippen LogP contribution < -0.4 is 15.8 Å². The van der Waals surface area contributed by atoms with Crippen molar-refractivity contribution in [3.05, 3.63) is 58.1 Å². The van der Waals surface area contributed by atoms with E-state index in [1.807, 2.05) is 31.2 Å². The van der Waals surface area contributed by atoms with E-state index >= 15 is 0 Å². The number of nitrogens with one attached hydrogen (secondary N) is 1. The van der Waals surface area contributed by atoms with Crippen LogP contribution in [-0.4, -0.2) is 13.0 Å². The summed E-state index contributed by atoms with van der Waals surface area (Å²) in [6, 6.07) is 12.8. The molecule has 0 aliphatic heterocycles. The van der Waals surface area contributed by atoms with Crippen LogP contribution in [0.25, 0.3) is 0 Å². The molecule has 5 heteroatoms. The number of methoxy groups -OCH3 is 1. The maximum atomic E-state index is 12.4. The number of nitrogens with two attached hydrogens (primary N) is 1. The average Bonchev–Trinajstić information content (AvgIpc) is 2.47. The lowest BCUT2D eigenvalue weighted by Crippen LogP contribution is -2.27. The fraction of sp³-hybridized carbons (Fsp3) is 0.188. The van der Waals surface area contributed by atoms with E-state index in [1.165, 1.54) is 7.11 Å². The molecule has 0 radical (unpaired) electrons. The molecule has 3 N–H and O–H groups in total. The predicted octanol–water partition coefficient (Wildman–Crippen LogP) is 3.53. The summed E-state index contributed by atoms with van der Waals surface area (Å²) in [6.45, 7) is 1.92. The highest BCUT2D eigenvalue weighted by molar-refractivity contribution is 9.10. The zero-order chi connectivity index (χ0) is 15.4. The van der Waals surface area contributed by atoms with Crippen LogP contribution in [0.3, 0.4) is 0 Å². The minimum atomic E-state index is -0.250. The first-order chi connectivity index (χ1) is 10.0. The Balaban J connectivity index is 2.20. The molecule has 0 unspecified atom stereocenters. The maximum Gasteiger partial charge on any atom is 0.257 e. The molecule has 110 valence electrons. The number of amides is 1. The van der Waals surface area contributed by atoms with Gasteiger partial charge in [0.1, 0.15) is 11.3 Å². The first kappa shape index (κ1) is 15.4. The smallest absolute Gasteiger partial charge is 0.257 e. The molecule has 0 heterocycles. The molecule has 4 nitrogen and oxygen atoms in total. The highest BCUT2D eigenvalue weighted by Crippen LogP contribution is 2.25. The largest absolute Gasteiger partial charge is 0.496 e. The highest BCUT2D eigenvalue weighted by atomic mass is 79.9. The Morgan fingerprint density at radius 3 is 2.52 bits per heavy atom. The molecule has 21 heavy (non-hydrogen) atoms. The number of carbonyl (C=O) groups excluding carboxylic acids is 1. The summed E-state index contributed by atoms with van der Waals surface area (Å²) >= 11 is 3.39. The number of carbonyl (C=O) groups is 1. The van der Waals surface area contributed by atoms with Gasteiger partial charge in [-0.05, 0) is 36.8 Å². The van der Waals surface area contributed by atoms with Gasteiger partial charge in [-0.1, -0.05) is 34.1 Å². The Kier molecular flexibility index (Phi) is 4.85. The number of ether oxygens (including phenoxy) is 1. The summed E-state index contributed by atoms with van der Waals surface area (Å²) in [6.07, 6.45) is 0. The second-order valence-corrected chi connectivity index (χ2v) is 5.59. The zero-order valence-corrected chi connectivity index (χ0v) is 13.5. The molecule has 0 bridgehead atoms. The molecular formula is C16H17BrN2O2. The molecule has 1 amide bonds. The Morgan fingerprint density at radius 2 is 1.90 bits per heavy atom. The van der Waals surface area contributed by atoms with E-state index in [1.54, 1.807) is 18.2 Å². The van der Waals surface area contributed by atoms with Gasteiger partial charge < -0.3 is 15.8 Å². The van der Waals surface area contributed by atoms with Crippen LogP contribution in [0.15, 0.2) is 46.9 Å². The zero-order valence-electron chi connectivity index (χ0n) is 11.9. The van der Waals surface area contributed by atoms with E-state index in [0.717, 1.165) is 10.0 Å². The molecule has 1 atom stereocenters. The van der Waals surface area contributed by atoms with Crippen molar-refractivity contribution < 1.29 is 9.53 Å². The van der Waals surface area contributed by atoms with E-state index in [0.29, 0.717) is 17.0 Å². The third kappa shape index (κ3) is 3.55. The summed E-state index contributed by atoms with van der Waals surface area (Å²) in [5.74, 6) is 0.218. The van der Waals surface area contributed by atoms with Gasteiger partial charge >= 0.3 is 0 Å². The summed E-state index contributed by atoms with van der Waals surface area (Å²) in [4.78, 5) is 12.4.